The molecule has 13 aromatic heterocycles. The van der Waals surface area contributed by atoms with Gasteiger partial charge in [-0.3, -0.25) is 59.9 Å². The third-order valence-corrected chi connectivity index (χ3v) is 28.9. The molecule has 730 valence electrons. The maximum Gasteiger partial charge on any atom is 0.131 e. The summed E-state index contributed by atoms with van der Waals surface area (Å²) in [5, 5.41) is 74.9. The van der Waals surface area contributed by atoms with Gasteiger partial charge in [-0.1, -0.05) is 118 Å². The number of aromatic amines is 4. The van der Waals surface area contributed by atoms with Gasteiger partial charge in [-0.2, -0.15) is 20.4 Å². The fraction of sp³-hybridized carbons (Fsp3) is 0.246. The zero-order chi connectivity index (χ0) is 98.5. The highest BCUT2D eigenvalue weighted by Crippen LogP contribution is 2.40. The van der Waals surface area contributed by atoms with E-state index >= 15 is 0 Å². The minimum absolute atomic E-state index is 0.129. The number of aryl methyl sites for hydroxylation is 3. The topological polar surface area (TPSA) is 316 Å². The predicted octanol–water partition coefficient (Wildman–Crippen LogP) is 21.4. The number of ether oxygens (including phenoxy) is 1. The van der Waals surface area contributed by atoms with E-state index in [1.165, 1.54) is 38.9 Å². The molecular weight excluding hydrogens is 1830 g/mol. The number of benzene rings is 9. The van der Waals surface area contributed by atoms with Crippen molar-refractivity contribution in [2.75, 3.05) is 59.5 Å². The molecule has 26 rings (SSSR count). The molecule has 4 aliphatic rings. The molecule has 32 heteroatoms. The predicted molar refractivity (Wildman–Crippen MR) is 563 cm³/mol. The first-order valence-electron chi connectivity index (χ1n) is 50.0. The van der Waals surface area contributed by atoms with Crippen LogP contribution in [-0.4, -0.2) is 204 Å². The fourth-order valence-corrected chi connectivity index (χ4v) is 21.3. The number of H-pyrrole nitrogens is 4. The number of pyridine rings is 4. The van der Waals surface area contributed by atoms with Gasteiger partial charge in [-0.25, -0.2) is 27.5 Å². The molecule has 4 N–H and O–H groups in total. The molecule has 0 amide bonds. The molecule has 9 aromatic carbocycles. The van der Waals surface area contributed by atoms with E-state index in [0.29, 0.717) is 36.5 Å². The Morgan fingerprint density at radius 1 is 0.342 bits per heavy atom. The first-order valence-corrected chi connectivity index (χ1v) is 50.0. The van der Waals surface area contributed by atoms with Crippen molar-refractivity contribution in [1.29, 1.82) is 0 Å². The molecule has 0 aliphatic carbocycles. The summed E-state index contributed by atoms with van der Waals surface area (Å²) in [7, 11) is 3.71. The fourth-order valence-electron chi connectivity index (χ4n) is 21.3. The van der Waals surface area contributed by atoms with Crippen LogP contribution in [-0.2, 0) is 33.2 Å². The van der Waals surface area contributed by atoms with Crippen LogP contribution in [0.25, 0.3) is 155 Å². The zero-order valence-electron chi connectivity index (χ0n) is 81.6. The highest BCUT2D eigenvalue weighted by atomic mass is 19.1. The number of nitrogens with one attached hydrogen (secondary N) is 4. The molecule has 0 unspecified atom stereocenters. The molecule has 4 aliphatic heterocycles. The van der Waals surface area contributed by atoms with Crippen LogP contribution in [0.15, 0.2) is 299 Å². The van der Waals surface area contributed by atoms with E-state index in [2.05, 4.69) is 276 Å². The maximum absolute atomic E-state index is 14.5. The minimum Gasteiger partial charge on any atom is -0.496 e. The molecule has 4 saturated heterocycles. The Kier molecular flexibility index (Phi) is 26.6. The summed E-state index contributed by atoms with van der Waals surface area (Å²) in [5.74, 6) is 0.220. The van der Waals surface area contributed by atoms with E-state index in [4.69, 9.17) is 4.74 Å². The van der Waals surface area contributed by atoms with Crippen molar-refractivity contribution in [3.05, 3.63) is 344 Å². The quantitative estimate of drug-likeness (QED) is 0.0519. The van der Waals surface area contributed by atoms with Crippen LogP contribution in [0.2, 0.25) is 0 Å². The van der Waals surface area contributed by atoms with Crippen LogP contribution in [0.3, 0.4) is 0 Å². The highest BCUT2D eigenvalue weighted by molar-refractivity contribution is 5.99. The summed E-state index contributed by atoms with van der Waals surface area (Å²) < 4.78 is 44.6. The standard InChI is InChI=1S/C30H27N7.C29H28N8.C28H28FN7O.C27H26FN7/c1-2-5-24-16-21(7-8-22(24)4-1)18-36-15-3-6-26(19-36)37-20-29(33-35-37)25-9-10-28-27(17-25)30(34-32-28)23-11-13-31-14-12-23;1-35-16-22(24-6-2-3-7-28(24)35)17-36-14-4-5-23(18-36)37-19-27(32-34-37)21-8-9-26-25(15-21)29(33-31-26)20-10-12-30-13-11-20;1-18-13-20(10-11-30-18)28-22-14-19(8-9-25(22)31-33-28)26-17-36(34-32-26)21-5-4-12-35(15-21)16-23-24(29)6-3-7-27(23)37-2;1-18-4-2-6-24(28)23(18)16-34-13-3-5-21(15-34)35-17-26(31-33-35)20-7-8-25-22(14-20)27(32-30-25)19-9-11-29-12-10-19/h1-2,4-5,7-14,16-17,20,26H,3,6,15,18-19H2,(H,32,34);2-3,6-13,15-16,19,23H,4-5,14,17-18H2,1H3,(H,31,33);3,6-11,13-14,17,21H,4-5,12,15-16H2,1-2H3,(H,31,33);2,4,6-12,14,17,21H,3,5,13,15-16H2,1H3,(H,30,32)/t26-;23-;2*21-/m1111/s1. The first-order chi connectivity index (χ1) is 71.8. The normalized spacial score (nSPS) is 16.5. The second-order valence-corrected chi connectivity index (χ2v) is 38.6. The lowest BCUT2D eigenvalue weighted by Crippen LogP contribution is -2.36. The van der Waals surface area contributed by atoms with Crippen molar-refractivity contribution in [3.63, 3.8) is 0 Å². The monoisotopic (exact) mass is 1940 g/mol. The molecule has 17 heterocycles. The lowest BCUT2D eigenvalue weighted by atomic mass is 10.0. The van der Waals surface area contributed by atoms with Gasteiger partial charge in [0.15, 0.2) is 0 Å². The molecule has 4 fully saturated rings. The number of halogens is 2. The average molecular weight is 1940 g/mol. The van der Waals surface area contributed by atoms with E-state index in [0.717, 1.165) is 267 Å². The molecule has 146 heavy (non-hydrogen) atoms. The minimum atomic E-state index is -0.236. The van der Waals surface area contributed by atoms with Gasteiger partial charge in [-0.15, -0.1) is 20.4 Å². The SMILES string of the molecule is COc1cccc(F)c1CN1CCC[C@@H](n2cc(-c3ccc4[nH]nc(-c5ccnc(C)c5)c4c3)nn2)C1.Cc1cccc(F)c1CN1CCC[C@@H](n2cc(-c3ccc4[nH]nc(-c5ccncc5)c4c3)nn2)C1.Cn1cc(CN2CCC[C@@H](n3cc(-c4ccc5[nH]nc(-c6ccncc6)c5c4)nn3)C2)c2ccccc21.c1ccc2cc(CN3CCC[C@@H](n4cc(-c5ccc6[nH]nc(-c7ccncc7)c6c5)nn4)C3)ccc2c1. The number of hydrogen-bond donors (Lipinski definition) is 4. The van der Waals surface area contributed by atoms with Crippen LogP contribution in [0.4, 0.5) is 8.78 Å². The number of para-hydroxylation sites is 1. The van der Waals surface area contributed by atoms with E-state index < -0.39 is 0 Å². The van der Waals surface area contributed by atoms with Gasteiger partial charge in [-0.05, 0) is 246 Å². The van der Waals surface area contributed by atoms with Crippen LogP contribution >= 0.6 is 0 Å². The van der Waals surface area contributed by atoms with Crippen LogP contribution < -0.4 is 4.74 Å². The first kappa shape index (κ1) is 93.0. The number of hydrogen-bond acceptors (Lipinski definition) is 21. The Bertz CT molecular complexity index is 8320. The highest BCUT2D eigenvalue weighted by Gasteiger charge is 2.31. The molecule has 0 radical (unpaired) electrons. The third kappa shape index (κ3) is 20.0. The number of methoxy groups -OCH3 is 1. The lowest BCUT2D eigenvalue weighted by molar-refractivity contribution is 0.159. The van der Waals surface area contributed by atoms with Crippen LogP contribution in [0.1, 0.15) is 109 Å². The Hall–Kier alpha value is -16.7. The van der Waals surface area contributed by atoms with E-state index in [1.54, 1.807) is 68.7 Å². The van der Waals surface area contributed by atoms with Crippen molar-refractivity contribution in [1.82, 2.24) is 145 Å². The summed E-state index contributed by atoms with van der Waals surface area (Å²) in [6.07, 6.45) is 31.6. The number of aromatic nitrogens is 25. The van der Waals surface area contributed by atoms with Gasteiger partial charge in [0.05, 0.1) is 78.1 Å². The summed E-state index contributed by atoms with van der Waals surface area (Å²) >= 11 is 0. The molecule has 0 saturated carbocycles. The second-order valence-electron chi connectivity index (χ2n) is 38.6. The third-order valence-electron chi connectivity index (χ3n) is 28.9. The lowest BCUT2D eigenvalue weighted by Gasteiger charge is -2.32. The number of likely N-dealkylation sites (tertiary alicyclic amines) is 4. The second kappa shape index (κ2) is 41.7. The average Bonchev–Trinajstić information content (AvgIpc) is 1.66. The number of nitrogens with zero attached hydrogens (tertiary/aromatic N) is 25. The van der Waals surface area contributed by atoms with Crippen molar-refractivity contribution < 1.29 is 13.5 Å². The van der Waals surface area contributed by atoms with Crippen molar-refractivity contribution in [2.24, 2.45) is 7.05 Å². The molecule has 0 spiro atoms. The largest absolute Gasteiger partial charge is 0.496 e. The van der Waals surface area contributed by atoms with Crippen molar-refractivity contribution in [2.45, 2.75) is 116 Å². The summed E-state index contributed by atoms with van der Waals surface area (Å²) in [5.41, 5.74) is 26.5. The van der Waals surface area contributed by atoms with Gasteiger partial charge in [0, 0.05) is 203 Å². The van der Waals surface area contributed by atoms with Gasteiger partial charge in [0.25, 0.3) is 0 Å². The Labute approximate surface area is 840 Å². The summed E-state index contributed by atoms with van der Waals surface area (Å²) in [6, 6.07) is 76.0. The Morgan fingerprint density at radius 3 is 1.17 bits per heavy atom. The smallest absolute Gasteiger partial charge is 0.131 e. The van der Waals surface area contributed by atoms with Gasteiger partial charge in [0.1, 0.15) is 62.9 Å². The van der Waals surface area contributed by atoms with Crippen LogP contribution in [0, 0.1) is 25.5 Å². The van der Waals surface area contributed by atoms with Crippen LogP contribution in [0.5, 0.6) is 5.75 Å². The molecular formula is C114H109F2N29O. The van der Waals surface area contributed by atoms with E-state index in [-0.39, 0.29) is 23.7 Å². The van der Waals surface area contributed by atoms with Gasteiger partial charge >= 0.3 is 0 Å². The maximum atomic E-state index is 14.5. The zero-order valence-corrected chi connectivity index (χ0v) is 81.6. The number of fused-ring (bicyclic) bond motifs is 6. The van der Waals surface area contributed by atoms with Crippen molar-refractivity contribution in [3.8, 4) is 95.8 Å². The Balaban J connectivity index is 0.000000107. The molecule has 30 nitrogen and oxygen atoms in total. The Morgan fingerprint density at radius 2 is 0.733 bits per heavy atom. The number of piperidine rings is 4. The van der Waals surface area contributed by atoms with E-state index in [1.807, 2.05) is 121 Å². The van der Waals surface area contributed by atoms with Gasteiger partial charge < -0.3 is 9.30 Å². The summed E-state index contributed by atoms with van der Waals surface area (Å²) in [6.45, 7) is 14.6. The molecule has 4 atom stereocenters. The molecule has 22 aromatic rings. The molecule has 0 bridgehead atoms. The summed E-state index contributed by atoms with van der Waals surface area (Å²) in [4.78, 5) is 26.3. The van der Waals surface area contributed by atoms with Gasteiger partial charge in [0.2, 0.25) is 0 Å². The van der Waals surface area contributed by atoms with Crippen molar-refractivity contribution >= 4 is 65.3 Å². The number of rotatable bonds is 21. The van der Waals surface area contributed by atoms with E-state index in [9.17, 15) is 8.78 Å².